The van der Waals surface area contributed by atoms with Crippen molar-refractivity contribution in [3.63, 3.8) is 0 Å². The van der Waals surface area contributed by atoms with Crippen molar-refractivity contribution < 1.29 is 18.0 Å². The minimum absolute atomic E-state index is 0.000313. The minimum atomic E-state index is -4.34. The van der Waals surface area contributed by atoms with Gasteiger partial charge in [-0.2, -0.15) is 13.2 Å². The van der Waals surface area contributed by atoms with Crippen molar-refractivity contribution in [2.45, 2.75) is 33.0 Å². The van der Waals surface area contributed by atoms with Gasteiger partial charge < -0.3 is 15.5 Å². The number of carbonyl (C=O) groups excluding carboxylic acids is 1. The summed E-state index contributed by atoms with van der Waals surface area (Å²) in [6.45, 7) is 5.46. The molecule has 1 aromatic carbocycles. The predicted molar refractivity (Wildman–Crippen MR) is 92.2 cm³/mol. The number of alkyl halides is 3. The Labute approximate surface area is 146 Å². The van der Waals surface area contributed by atoms with Gasteiger partial charge in [0.1, 0.15) is 6.54 Å². The number of hydrogen-bond donors (Lipinski definition) is 2. The van der Waals surface area contributed by atoms with E-state index in [1.54, 1.807) is 11.9 Å². The van der Waals surface area contributed by atoms with Crippen LogP contribution < -0.4 is 10.6 Å². The Morgan fingerprint density at radius 3 is 2.32 bits per heavy atom. The summed E-state index contributed by atoms with van der Waals surface area (Å²) in [4.78, 5) is 17.7. The van der Waals surface area contributed by atoms with E-state index in [-0.39, 0.29) is 12.5 Å². The molecule has 0 fully saturated rings. The van der Waals surface area contributed by atoms with Crippen LogP contribution in [0.2, 0.25) is 0 Å². The Hall–Kier alpha value is -2.25. The number of halogens is 3. The van der Waals surface area contributed by atoms with Crippen molar-refractivity contribution in [2.24, 2.45) is 4.99 Å². The molecule has 0 saturated carbocycles. The maximum atomic E-state index is 12.6. The monoisotopic (exact) mass is 358 g/mol. The average molecular weight is 358 g/mol. The van der Waals surface area contributed by atoms with Gasteiger partial charge in [0.15, 0.2) is 5.96 Å². The molecule has 1 amide bonds. The summed E-state index contributed by atoms with van der Waals surface area (Å²) in [5, 5.41) is 5.81. The molecule has 0 aliphatic carbocycles. The summed E-state index contributed by atoms with van der Waals surface area (Å²) in [6.07, 6.45) is -3.49. The molecule has 0 aliphatic heterocycles. The van der Waals surface area contributed by atoms with Crippen LogP contribution in [0.3, 0.4) is 0 Å². The van der Waals surface area contributed by atoms with Gasteiger partial charge in [0, 0.05) is 26.7 Å². The molecule has 0 saturated heterocycles. The lowest BCUT2D eigenvalue weighted by Crippen LogP contribution is -2.39. The molecule has 0 heterocycles. The lowest BCUT2D eigenvalue weighted by atomic mass is 10.1. The number of nitrogens with zero attached hydrogens (tertiary/aromatic N) is 2. The molecule has 1 rings (SSSR count). The first-order valence-electron chi connectivity index (χ1n) is 8.20. The molecular weight excluding hydrogens is 333 g/mol. The van der Waals surface area contributed by atoms with Crippen LogP contribution in [0.1, 0.15) is 31.4 Å². The second kappa shape index (κ2) is 9.90. The van der Waals surface area contributed by atoms with Crippen molar-refractivity contribution in [2.75, 3.05) is 26.7 Å². The second-order valence-electron chi connectivity index (χ2n) is 5.57. The number of rotatable bonds is 7. The number of guanidine groups is 1. The average Bonchev–Trinajstić information content (AvgIpc) is 2.56. The topological polar surface area (TPSA) is 56.7 Å². The Morgan fingerprint density at radius 2 is 1.80 bits per heavy atom. The largest absolute Gasteiger partial charge is 0.416 e. The first-order chi connectivity index (χ1) is 11.8. The van der Waals surface area contributed by atoms with E-state index in [4.69, 9.17) is 0 Å². The van der Waals surface area contributed by atoms with Crippen LogP contribution >= 0.6 is 0 Å². The molecular formula is C17H25F3N4O. The van der Waals surface area contributed by atoms with Crippen molar-refractivity contribution >= 4 is 11.9 Å². The van der Waals surface area contributed by atoms with Gasteiger partial charge in [0.05, 0.1) is 5.56 Å². The third-order valence-corrected chi connectivity index (χ3v) is 3.34. The number of amides is 1. The number of hydrogen-bond acceptors (Lipinski definition) is 2. The van der Waals surface area contributed by atoms with E-state index >= 15 is 0 Å². The molecule has 25 heavy (non-hydrogen) atoms. The molecule has 1 aromatic rings. The lowest BCUT2D eigenvalue weighted by molar-refractivity contribution is -0.137. The van der Waals surface area contributed by atoms with Crippen LogP contribution in [0.25, 0.3) is 0 Å². The fourth-order valence-electron chi connectivity index (χ4n) is 2.08. The van der Waals surface area contributed by atoms with E-state index in [0.29, 0.717) is 25.6 Å². The van der Waals surface area contributed by atoms with Crippen LogP contribution in [0.4, 0.5) is 13.2 Å². The van der Waals surface area contributed by atoms with Crippen LogP contribution in [-0.4, -0.2) is 43.4 Å². The predicted octanol–water partition coefficient (Wildman–Crippen LogP) is 2.63. The third-order valence-electron chi connectivity index (χ3n) is 3.34. The van der Waals surface area contributed by atoms with Crippen LogP contribution in [0.5, 0.6) is 0 Å². The van der Waals surface area contributed by atoms with Crippen LogP contribution in [0, 0.1) is 0 Å². The molecule has 2 N–H and O–H groups in total. The summed E-state index contributed by atoms with van der Waals surface area (Å²) >= 11 is 0. The molecule has 0 atom stereocenters. The van der Waals surface area contributed by atoms with E-state index in [0.717, 1.165) is 24.1 Å². The zero-order valence-electron chi connectivity index (χ0n) is 14.8. The van der Waals surface area contributed by atoms with E-state index in [2.05, 4.69) is 15.6 Å². The zero-order valence-corrected chi connectivity index (χ0v) is 14.8. The van der Waals surface area contributed by atoms with E-state index in [1.165, 1.54) is 12.1 Å². The Bertz CT molecular complexity index is 570. The molecule has 0 bridgehead atoms. The number of aliphatic imine (C=N–C) groups is 1. The van der Waals surface area contributed by atoms with Gasteiger partial charge in [0.25, 0.3) is 0 Å². The fourth-order valence-corrected chi connectivity index (χ4v) is 2.08. The molecule has 140 valence electrons. The number of nitrogens with one attached hydrogen (secondary N) is 2. The molecule has 0 aromatic heterocycles. The second-order valence-corrected chi connectivity index (χ2v) is 5.57. The molecule has 0 radical (unpaired) electrons. The zero-order chi connectivity index (χ0) is 18.9. The van der Waals surface area contributed by atoms with Gasteiger partial charge in [0.2, 0.25) is 5.91 Å². The third kappa shape index (κ3) is 7.45. The first kappa shape index (κ1) is 20.8. The Kier molecular flexibility index (Phi) is 8.24. The van der Waals surface area contributed by atoms with Crippen molar-refractivity contribution in [3.05, 3.63) is 35.4 Å². The molecule has 8 heteroatoms. The normalized spacial score (nSPS) is 12.0. The quantitative estimate of drug-likeness (QED) is 0.582. The summed E-state index contributed by atoms with van der Waals surface area (Å²) in [7, 11) is 1.77. The summed E-state index contributed by atoms with van der Waals surface area (Å²) in [5.74, 6) is 0.356. The van der Waals surface area contributed by atoms with E-state index in [1.807, 2.05) is 13.8 Å². The Balaban J connectivity index is 2.72. The maximum Gasteiger partial charge on any atom is 0.416 e. The maximum absolute atomic E-state index is 12.6. The summed E-state index contributed by atoms with van der Waals surface area (Å²) < 4.78 is 37.8. The summed E-state index contributed by atoms with van der Waals surface area (Å²) in [5.41, 5.74) is 0.0450. The van der Waals surface area contributed by atoms with E-state index in [9.17, 15) is 18.0 Å². The van der Waals surface area contributed by atoms with Gasteiger partial charge in [-0.15, -0.1) is 0 Å². The van der Waals surface area contributed by atoms with Gasteiger partial charge in [-0.25, -0.2) is 4.99 Å². The highest BCUT2D eigenvalue weighted by molar-refractivity contribution is 5.84. The highest BCUT2D eigenvalue weighted by Gasteiger charge is 2.29. The SMILES string of the molecule is CCCNC(=O)CN=C(NCC)N(C)Cc1ccc(C(F)(F)F)cc1. The molecule has 5 nitrogen and oxygen atoms in total. The van der Waals surface area contributed by atoms with Gasteiger partial charge in [-0.3, -0.25) is 4.79 Å². The first-order valence-corrected chi connectivity index (χ1v) is 8.20. The van der Waals surface area contributed by atoms with Gasteiger partial charge in [-0.1, -0.05) is 19.1 Å². The van der Waals surface area contributed by atoms with Crippen LogP contribution in [0.15, 0.2) is 29.3 Å². The number of carbonyl (C=O) groups is 1. The van der Waals surface area contributed by atoms with Gasteiger partial charge in [-0.05, 0) is 31.0 Å². The minimum Gasteiger partial charge on any atom is -0.357 e. The van der Waals surface area contributed by atoms with Crippen molar-refractivity contribution in [1.29, 1.82) is 0 Å². The summed E-state index contributed by atoms with van der Waals surface area (Å²) in [6, 6.07) is 5.00. The highest BCUT2D eigenvalue weighted by Crippen LogP contribution is 2.29. The number of benzene rings is 1. The van der Waals surface area contributed by atoms with E-state index < -0.39 is 11.7 Å². The Morgan fingerprint density at radius 1 is 1.16 bits per heavy atom. The molecule has 0 aliphatic rings. The van der Waals surface area contributed by atoms with Gasteiger partial charge >= 0.3 is 6.18 Å². The fraction of sp³-hybridized carbons (Fsp3) is 0.529. The van der Waals surface area contributed by atoms with Crippen molar-refractivity contribution in [1.82, 2.24) is 15.5 Å². The molecule has 0 unspecified atom stereocenters. The lowest BCUT2D eigenvalue weighted by Gasteiger charge is -2.22. The highest BCUT2D eigenvalue weighted by atomic mass is 19.4. The standard InChI is InChI=1S/C17H25F3N4O/c1-4-10-22-15(25)11-23-16(21-5-2)24(3)12-13-6-8-14(9-7-13)17(18,19)20/h6-9H,4-5,10-12H2,1-3H3,(H,21,23)(H,22,25). The van der Waals surface area contributed by atoms with Crippen molar-refractivity contribution in [3.8, 4) is 0 Å². The molecule has 0 spiro atoms. The smallest absolute Gasteiger partial charge is 0.357 e. The van der Waals surface area contributed by atoms with Crippen LogP contribution in [-0.2, 0) is 17.5 Å².